The highest BCUT2D eigenvalue weighted by atomic mass is 35.5. The number of sulfone groups is 1. The Bertz CT molecular complexity index is 982. The van der Waals surface area contributed by atoms with Gasteiger partial charge in [0.15, 0.2) is 9.84 Å². The maximum absolute atomic E-state index is 11.7. The molecule has 0 spiro atoms. The third-order valence-corrected chi connectivity index (χ3v) is 6.65. The summed E-state index contributed by atoms with van der Waals surface area (Å²) in [5, 5.41) is 14.2. The summed E-state index contributed by atoms with van der Waals surface area (Å²) < 4.78 is 28.7. The largest absolute Gasteiger partial charge is 0.506 e. The van der Waals surface area contributed by atoms with E-state index in [0.29, 0.717) is 22.9 Å². The molecule has 1 fully saturated rings. The lowest BCUT2D eigenvalue weighted by Crippen LogP contribution is -2.42. The van der Waals surface area contributed by atoms with Crippen LogP contribution < -0.4 is 10.9 Å². The zero-order chi connectivity index (χ0) is 17.7. The molecule has 1 aliphatic rings. The predicted molar refractivity (Wildman–Crippen MR) is 92.4 cm³/mol. The zero-order valence-corrected chi connectivity index (χ0v) is 14.9. The minimum Gasteiger partial charge on any atom is -0.506 e. The van der Waals surface area contributed by atoms with Gasteiger partial charge < -0.3 is 14.8 Å². The van der Waals surface area contributed by atoms with Gasteiger partial charge in [-0.3, -0.25) is 0 Å². The number of hydrogen-bond donors (Lipinski definition) is 2. The summed E-state index contributed by atoms with van der Waals surface area (Å²) in [5.41, 5.74) is 0.198. The molecule has 3 rings (SSSR count). The first kappa shape index (κ1) is 17.3. The van der Waals surface area contributed by atoms with Crippen LogP contribution in [-0.2, 0) is 16.4 Å². The molecule has 1 aromatic carbocycles. The van der Waals surface area contributed by atoms with Gasteiger partial charge in [-0.1, -0.05) is 11.6 Å². The third kappa shape index (κ3) is 3.16. The molecule has 1 aromatic heterocycles. The first-order valence-corrected chi connectivity index (χ1v) is 9.70. The average Bonchev–Trinajstić information content (AvgIpc) is 2.75. The van der Waals surface area contributed by atoms with Gasteiger partial charge in [-0.05, 0) is 31.9 Å². The van der Waals surface area contributed by atoms with E-state index in [1.165, 1.54) is 6.07 Å². The Morgan fingerprint density at radius 2 is 2.12 bits per heavy atom. The SMILES string of the molecule is Cc1cc(=O)oc2c(CN[C@@]3(C)CCS(=O)(=O)C3)c(O)c(Cl)cc12. The highest BCUT2D eigenvalue weighted by molar-refractivity contribution is 7.91. The van der Waals surface area contributed by atoms with E-state index in [-0.39, 0.29) is 34.4 Å². The van der Waals surface area contributed by atoms with Crippen molar-refractivity contribution in [1.29, 1.82) is 0 Å². The van der Waals surface area contributed by atoms with E-state index >= 15 is 0 Å². The maximum Gasteiger partial charge on any atom is 0.336 e. The molecule has 0 amide bonds. The molecule has 0 saturated carbocycles. The van der Waals surface area contributed by atoms with Crippen LogP contribution in [0.3, 0.4) is 0 Å². The monoisotopic (exact) mass is 371 g/mol. The quantitative estimate of drug-likeness (QED) is 0.802. The van der Waals surface area contributed by atoms with Gasteiger partial charge in [0, 0.05) is 23.5 Å². The minimum absolute atomic E-state index is 0.0300. The van der Waals surface area contributed by atoms with E-state index in [9.17, 15) is 18.3 Å². The Morgan fingerprint density at radius 3 is 2.75 bits per heavy atom. The van der Waals surface area contributed by atoms with Gasteiger partial charge in [0.2, 0.25) is 0 Å². The molecule has 8 heteroatoms. The molecule has 2 aromatic rings. The van der Waals surface area contributed by atoms with E-state index in [0.717, 1.165) is 0 Å². The number of aromatic hydroxyl groups is 1. The second-order valence-electron chi connectivity index (χ2n) is 6.57. The molecule has 1 aliphatic heterocycles. The van der Waals surface area contributed by atoms with Crippen LogP contribution in [0.5, 0.6) is 5.75 Å². The summed E-state index contributed by atoms with van der Waals surface area (Å²) >= 11 is 6.09. The van der Waals surface area contributed by atoms with Crippen LogP contribution in [0.2, 0.25) is 5.02 Å². The second-order valence-corrected chi connectivity index (χ2v) is 9.16. The Labute approximate surface area is 144 Å². The molecule has 6 nitrogen and oxygen atoms in total. The normalized spacial score (nSPS) is 23.0. The third-order valence-electron chi connectivity index (χ3n) is 4.46. The van der Waals surface area contributed by atoms with Crippen molar-refractivity contribution in [2.75, 3.05) is 11.5 Å². The van der Waals surface area contributed by atoms with Gasteiger partial charge in [-0.25, -0.2) is 13.2 Å². The molecule has 2 N–H and O–H groups in total. The number of nitrogens with one attached hydrogen (secondary N) is 1. The van der Waals surface area contributed by atoms with E-state index in [1.807, 2.05) is 6.92 Å². The zero-order valence-electron chi connectivity index (χ0n) is 13.3. The standard InChI is InChI=1S/C16H18ClNO5S/c1-9-5-13(19)23-15-10(9)6-12(17)14(20)11(15)7-18-16(2)3-4-24(21,22)8-16/h5-6,18,20H,3-4,7-8H2,1-2H3/t16-/m0/s1. The van der Waals surface area contributed by atoms with Gasteiger partial charge in [0.1, 0.15) is 11.3 Å². The van der Waals surface area contributed by atoms with Gasteiger partial charge in [0.25, 0.3) is 0 Å². The van der Waals surface area contributed by atoms with Crippen molar-refractivity contribution < 1.29 is 17.9 Å². The topological polar surface area (TPSA) is 96.6 Å². The summed E-state index contributed by atoms with van der Waals surface area (Å²) in [4.78, 5) is 11.7. The number of benzene rings is 1. The summed E-state index contributed by atoms with van der Waals surface area (Å²) in [6.07, 6.45) is 0.484. The molecule has 2 heterocycles. The van der Waals surface area contributed by atoms with Gasteiger partial charge >= 0.3 is 5.63 Å². The molecule has 130 valence electrons. The molecular formula is C16H18ClNO5S. The van der Waals surface area contributed by atoms with Crippen LogP contribution in [0.25, 0.3) is 11.0 Å². The van der Waals surface area contributed by atoms with Crippen LogP contribution in [-0.4, -0.2) is 30.6 Å². The fourth-order valence-electron chi connectivity index (χ4n) is 3.08. The lowest BCUT2D eigenvalue weighted by Gasteiger charge is -2.24. The molecule has 1 saturated heterocycles. The predicted octanol–water partition coefficient (Wildman–Crippen LogP) is 2.13. The lowest BCUT2D eigenvalue weighted by molar-refractivity contribution is 0.387. The summed E-state index contributed by atoms with van der Waals surface area (Å²) in [6, 6.07) is 2.91. The first-order chi connectivity index (χ1) is 11.1. The number of rotatable bonds is 3. The highest BCUT2D eigenvalue weighted by Gasteiger charge is 2.38. The van der Waals surface area contributed by atoms with E-state index < -0.39 is 21.0 Å². The average molecular weight is 372 g/mol. The molecule has 0 unspecified atom stereocenters. The van der Waals surface area contributed by atoms with E-state index in [1.54, 1.807) is 13.0 Å². The van der Waals surface area contributed by atoms with Crippen molar-refractivity contribution in [2.45, 2.75) is 32.4 Å². The summed E-state index contributed by atoms with van der Waals surface area (Å²) in [5.74, 6) is -0.00951. The van der Waals surface area contributed by atoms with Crippen LogP contribution in [0, 0.1) is 6.92 Å². The molecule has 1 atom stereocenters. The van der Waals surface area contributed by atoms with Crippen molar-refractivity contribution >= 4 is 32.4 Å². The van der Waals surface area contributed by atoms with Crippen molar-refractivity contribution in [3.8, 4) is 5.75 Å². The number of aryl methyl sites for hydroxylation is 1. The van der Waals surface area contributed by atoms with Gasteiger partial charge in [0.05, 0.1) is 22.1 Å². The highest BCUT2D eigenvalue weighted by Crippen LogP contribution is 2.36. The first-order valence-electron chi connectivity index (χ1n) is 7.50. The number of phenolic OH excluding ortho intramolecular Hbond substituents is 1. The van der Waals surface area contributed by atoms with Gasteiger partial charge in [-0.15, -0.1) is 0 Å². The maximum atomic E-state index is 11.7. The minimum atomic E-state index is -3.06. The lowest BCUT2D eigenvalue weighted by atomic mass is 10.0. The fraction of sp³-hybridized carbons (Fsp3) is 0.438. The Balaban J connectivity index is 2.03. The van der Waals surface area contributed by atoms with E-state index in [2.05, 4.69) is 5.32 Å². The van der Waals surface area contributed by atoms with Crippen molar-refractivity contribution in [2.24, 2.45) is 0 Å². The smallest absolute Gasteiger partial charge is 0.336 e. The van der Waals surface area contributed by atoms with Crippen molar-refractivity contribution in [1.82, 2.24) is 5.32 Å². The van der Waals surface area contributed by atoms with Gasteiger partial charge in [-0.2, -0.15) is 0 Å². The number of halogens is 1. The van der Waals surface area contributed by atoms with Crippen molar-refractivity contribution in [3.05, 3.63) is 38.7 Å². The number of hydrogen-bond acceptors (Lipinski definition) is 6. The Hall–Kier alpha value is -1.57. The Kier molecular flexibility index (Phi) is 4.14. The summed E-state index contributed by atoms with van der Waals surface area (Å²) in [6.45, 7) is 3.72. The van der Waals surface area contributed by atoms with Crippen molar-refractivity contribution in [3.63, 3.8) is 0 Å². The van der Waals surface area contributed by atoms with Crippen LogP contribution in [0.15, 0.2) is 21.3 Å². The molecule has 0 bridgehead atoms. The van der Waals surface area contributed by atoms with Crippen LogP contribution in [0.1, 0.15) is 24.5 Å². The Morgan fingerprint density at radius 1 is 1.42 bits per heavy atom. The molecule has 0 radical (unpaired) electrons. The second kappa shape index (κ2) is 5.75. The molecule has 0 aliphatic carbocycles. The summed E-state index contributed by atoms with van der Waals surface area (Å²) in [7, 11) is -3.06. The molecular weight excluding hydrogens is 354 g/mol. The molecule has 24 heavy (non-hydrogen) atoms. The van der Waals surface area contributed by atoms with Crippen LogP contribution >= 0.6 is 11.6 Å². The van der Waals surface area contributed by atoms with E-state index in [4.69, 9.17) is 16.0 Å². The number of phenols is 1. The fourth-order valence-corrected chi connectivity index (χ4v) is 5.43. The van der Waals surface area contributed by atoms with Crippen LogP contribution in [0.4, 0.5) is 0 Å². The number of fused-ring (bicyclic) bond motifs is 1.